The van der Waals surface area contributed by atoms with Crippen molar-refractivity contribution in [1.29, 1.82) is 0 Å². The Morgan fingerprint density at radius 2 is 2.03 bits per heavy atom. The van der Waals surface area contributed by atoms with Crippen LogP contribution in [0.3, 0.4) is 0 Å². The number of imide groups is 1. The van der Waals surface area contributed by atoms with Gasteiger partial charge in [0, 0.05) is 16.8 Å². The van der Waals surface area contributed by atoms with Crippen molar-refractivity contribution in [1.82, 2.24) is 9.88 Å². The molecule has 0 atom stereocenters. The van der Waals surface area contributed by atoms with Gasteiger partial charge in [-0.05, 0) is 75.7 Å². The number of thioether (sulfide) groups is 1. The second-order valence-corrected chi connectivity index (χ2v) is 9.37. The van der Waals surface area contributed by atoms with Crippen molar-refractivity contribution in [2.45, 2.75) is 13.2 Å². The molecule has 6 nitrogen and oxygen atoms in total. The van der Waals surface area contributed by atoms with Crippen LogP contribution in [0.1, 0.15) is 16.8 Å². The molecule has 1 aliphatic rings. The smallest absolute Gasteiger partial charge is 0.293 e. The maximum Gasteiger partial charge on any atom is 0.293 e. The van der Waals surface area contributed by atoms with Gasteiger partial charge in [0.2, 0.25) is 0 Å². The number of carbonyl (C=O) groups excluding carboxylic acids is 2. The number of hydrogen-bond donors (Lipinski definition) is 0. The maximum absolute atomic E-state index is 14.1. The van der Waals surface area contributed by atoms with Crippen LogP contribution in [0.15, 0.2) is 64.1 Å². The lowest BCUT2D eigenvalue weighted by Crippen LogP contribution is -2.28. The van der Waals surface area contributed by atoms with Gasteiger partial charge in [-0.2, -0.15) is 0 Å². The summed E-state index contributed by atoms with van der Waals surface area (Å²) in [7, 11) is 1.51. The summed E-state index contributed by atoms with van der Waals surface area (Å²) >= 11 is 10.3. The third-order valence-corrected chi connectivity index (χ3v) is 6.74. The van der Waals surface area contributed by atoms with E-state index in [0.717, 1.165) is 22.4 Å². The van der Waals surface area contributed by atoms with Gasteiger partial charge in [0.05, 0.1) is 28.7 Å². The topological polar surface area (TPSA) is 68.7 Å². The molecule has 0 radical (unpaired) electrons. The van der Waals surface area contributed by atoms with Crippen molar-refractivity contribution >= 4 is 56.5 Å². The molecule has 34 heavy (non-hydrogen) atoms. The van der Waals surface area contributed by atoms with E-state index in [9.17, 15) is 14.0 Å². The second kappa shape index (κ2) is 10.6. The molecule has 0 aliphatic carbocycles. The molecule has 2 heterocycles. The molecule has 0 unspecified atom stereocenters. The quantitative estimate of drug-likeness (QED) is 0.307. The first kappa shape index (κ1) is 24.3. The highest BCUT2D eigenvalue weighted by Crippen LogP contribution is 2.40. The maximum atomic E-state index is 14.1. The summed E-state index contributed by atoms with van der Waals surface area (Å²) in [6, 6.07) is 13.2. The number of amides is 2. The van der Waals surface area contributed by atoms with Gasteiger partial charge in [0.1, 0.15) is 12.4 Å². The highest BCUT2D eigenvalue weighted by atomic mass is 79.9. The van der Waals surface area contributed by atoms with E-state index in [0.29, 0.717) is 21.5 Å². The minimum atomic E-state index is -0.578. The average Bonchev–Trinajstić information content (AvgIpc) is 3.08. The fourth-order valence-corrected chi connectivity index (χ4v) is 4.86. The lowest BCUT2D eigenvalue weighted by atomic mass is 10.1. The molecular formula is C24H17BrClFN2O4S. The Morgan fingerprint density at radius 3 is 2.74 bits per heavy atom. The molecular weight excluding hydrogens is 547 g/mol. The van der Waals surface area contributed by atoms with Crippen LogP contribution in [0, 0.1) is 5.82 Å². The van der Waals surface area contributed by atoms with Gasteiger partial charge in [0.15, 0.2) is 11.5 Å². The van der Waals surface area contributed by atoms with Crippen molar-refractivity contribution < 1.29 is 23.5 Å². The molecule has 0 spiro atoms. The number of aromatic nitrogens is 1. The first-order chi connectivity index (χ1) is 16.4. The van der Waals surface area contributed by atoms with Crippen LogP contribution in [-0.4, -0.2) is 28.1 Å². The minimum absolute atomic E-state index is 0.0894. The molecule has 10 heteroatoms. The van der Waals surface area contributed by atoms with Crippen LogP contribution in [0.25, 0.3) is 6.08 Å². The summed E-state index contributed by atoms with van der Waals surface area (Å²) in [5, 5.41) is -0.352. The van der Waals surface area contributed by atoms with Gasteiger partial charge in [-0.1, -0.05) is 23.7 Å². The number of ether oxygens (including phenoxy) is 2. The third-order valence-electron chi connectivity index (χ3n) is 4.89. The zero-order valence-corrected chi connectivity index (χ0v) is 20.9. The van der Waals surface area contributed by atoms with E-state index in [1.165, 1.54) is 25.3 Å². The highest BCUT2D eigenvalue weighted by Gasteiger charge is 2.36. The van der Waals surface area contributed by atoms with Crippen LogP contribution in [0.4, 0.5) is 9.18 Å². The number of halogens is 3. The Bertz CT molecular complexity index is 1270. The Morgan fingerprint density at radius 1 is 1.21 bits per heavy atom. The van der Waals surface area contributed by atoms with E-state index < -0.39 is 17.0 Å². The van der Waals surface area contributed by atoms with Crippen molar-refractivity contribution in [3.63, 3.8) is 0 Å². The molecule has 1 aliphatic heterocycles. The van der Waals surface area contributed by atoms with E-state index in [1.807, 2.05) is 18.2 Å². The predicted molar refractivity (Wildman–Crippen MR) is 132 cm³/mol. The molecule has 4 rings (SSSR count). The van der Waals surface area contributed by atoms with Gasteiger partial charge in [-0.15, -0.1) is 0 Å². The first-order valence-corrected chi connectivity index (χ1v) is 11.9. The van der Waals surface area contributed by atoms with Crippen LogP contribution in [-0.2, 0) is 17.9 Å². The van der Waals surface area contributed by atoms with Gasteiger partial charge in [0.25, 0.3) is 11.1 Å². The molecule has 2 aromatic carbocycles. The van der Waals surface area contributed by atoms with E-state index in [1.54, 1.807) is 24.4 Å². The average molecular weight is 564 g/mol. The summed E-state index contributed by atoms with van der Waals surface area (Å²) < 4.78 is 26.1. The Hall–Kier alpha value is -2.88. The number of nitrogens with zero attached hydrogens (tertiary/aromatic N) is 2. The van der Waals surface area contributed by atoms with E-state index in [4.69, 9.17) is 21.1 Å². The largest absolute Gasteiger partial charge is 0.493 e. The first-order valence-electron chi connectivity index (χ1n) is 9.96. The molecule has 3 aromatic rings. The molecule has 1 aromatic heterocycles. The molecule has 0 saturated carbocycles. The van der Waals surface area contributed by atoms with Crippen LogP contribution in [0.5, 0.6) is 11.5 Å². The van der Waals surface area contributed by atoms with E-state index >= 15 is 0 Å². The minimum Gasteiger partial charge on any atom is -0.493 e. The summed E-state index contributed by atoms with van der Waals surface area (Å²) in [6.45, 7) is -0.00648. The van der Waals surface area contributed by atoms with Crippen LogP contribution >= 0.6 is 39.3 Å². The lowest BCUT2D eigenvalue weighted by molar-refractivity contribution is -0.123. The number of carbonyl (C=O) groups is 2. The summed E-state index contributed by atoms with van der Waals surface area (Å²) in [5.41, 5.74) is 1.46. The van der Waals surface area contributed by atoms with Gasteiger partial charge >= 0.3 is 0 Å². The second-order valence-electron chi connectivity index (χ2n) is 7.11. The Balaban J connectivity index is 1.56. The number of methoxy groups -OCH3 is 1. The fraction of sp³-hybridized carbons (Fsp3) is 0.125. The number of pyridine rings is 1. The molecule has 174 valence electrons. The summed E-state index contributed by atoms with van der Waals surface area (Å²) in [6.07, 6.45) is 3.25. The standard InChI is InChI=1S/C24H17BrClFN2O4S/c1-32-20-10-14(9-17(25)22(20)33-13-15-5-2-3-8-28-15)11-21-23(30)29(24(31)34-21)12-16-18(26)6-4-7-19(16)27/h2-11H,12-13H2,1H3/b21-11+. The fourth-order valence-electron chi connectivity index (χ4n) is 3.22. The molecule has 0 bridgehead atoms. The normalized spacial score (nSPS) is 14.7. The van der Waals surface area contributed by atoms with Crippen LogP contribution in [0.2, 0.25) is 5.02 Å². The Kier molecular flexibility index (Phi) is 7.55. The molecule has 2 amide bonds. The molecule has 1 saturated heterocycles. The predicted octanol–water partition coefficient (Wildman–Crippen LogP) is 6.46. The zero-order valence-electron chi connectivity index (χ0n) is 17.8. The third kappa shape index (κ3) is 5.27. The number of benzene rings is 2. The summed E-state index contributed by atoms with van der Waals surface area (Å²) in [4.78, 5) is 30.8. The number of hydrogen-bond acceptors (Lipinski definition) is 6. The van der Waals surface area contributed by atoms with Crippen molar-refractivity contribution in [2.24, 2.45) is 0 Å². The van der Waals surface area contributed by atoms with Crippen molar-refractivity contribution in [3.8, 4) is 11.5 Å². The van der Waals surface area contributed by atoms with Gasteiger partial charge in [-0.3, -0.25) is 19.5 Å². The zero-order chi connectivity index (χ0) is 24.2. The monoisotopic (exact) mass is 562 g/mol. The van der Waals surface area contributed by atoms with E-state index in [2.05, 4.69) is 20.9 Å². The summed E-state index contributed by atoms with van der Waals surface area (Å²) in [5.74, 6) is -0.188. The SMILES string of the molecule is COc1cc(/C=C2/SC(=O)N(Cc3c(F)cccc3Cl)C2=O)cc(Br)c1OCc1ccccn1. The van der Waals surface area contributed by atoms with Crippen molar-refractivity contribution in [2.75, 3.05) is 7.11 Å². The van der Waals surface area contributed by atoms with Crippen LogP contribution < -0.4 is 9.47 Å². The lowest BCUT2D eigenvalue weighted by Gasteiger charge is -2.14. The highest BCUT2D eigenvalue weighted by molar-refractivity contribution is 9.10. The van der Waals surface area contributed by atoms with Gasteiger partial charge < -0.3 is 9.47 Å². The van der Waals surface area contributed by atoms with E-state index in [-0.39, 0.29) is 28.6 Å². The molecule has 0 N–H and O–H groups in total. The molecule has 1 fully saturated rings. The van der Waals surface area contributed by atoms with Crippen molar-refractivity contribution in [3.05, 3.63) is 91.8 Å². The number of rotatable bonds is 7. The van der Waals surface area contributed by atoms with Gasteiger partial charge in [-0.25, -0.2) is 4.39 Å². The Labute approximate surface area is 212 Å².